The molecule has 1 aromatic carbocycles. The van der Waals surface area contributed by atoms with E-state index in [1.54, 1.807) is 6.92 Å². The van der Waals surface area contributed by atoms with Gasteiger partial charge < -0.3 is 10.2 Å². The minimum Gasteiger partial charge on any atom is -0.339 e. The maximum absolute atomic E-state index is 11.4. The van der Waals surface area contributed by atoms with E-state index in [1.165, 1.54) is 16.7 Å². The maximum Gasteiger partial charge on any atom is 0.219 e. The molecule has 1 atom stereocenters. The molecular formula is C18H26N2O. The zero-order valence-corrected chi connectivity index (χ0v) is 13.4. The van der Waals surface area contributed by atoms with E-state index in [0.29, 0.717) is 6.04 Å². The summed E-state index contributed by atoms with van der Waals surface area (Å²) < 4.78 is 0. The first-order chi connectivity index (χ1) is 10.2. The lowest BCUT2D eigenvalue weighted by atomic mass is 9.90. The third kappa shape index (κ3) is 3.73. The predicted molar refractivity (Wildman–Crippen MR) is 88.0 cm³/mol. The molecule has 0 bridgehead atoms. The van der Waals surface area contributed by atoms with Crippen molar-refractivity contribution in [2.75, 3.05) is 20.1 Å². The molecule has 3 heteroatoms. The highest BCUT2D eigenvalue weighted by atomic mass is 16.2. The number of nitrogens with zero attached hydrogens (tertiary/aromatic N) is 1. The summed E-state index contributed by atoms with van der Waals surface area (Å²) in [6.45, 7) is 5.42. The van der Waals surface area contributed by atoms with E-state index < -0.39 is 0 Å². The Morgan fingerprint density at radius 1 is 1.38 bits per heavy atom. The molecule has 0 saturated carbocycles. The Morgan fingerprint density at radius 3 is 2.71 bits per heavy atom. The Kier molecular flexibility index (Phi) is 5.57. The second-order valence-electron chi connectivity index (χ2n) is 5.66. The highest BCUT2D eigenvalue weighted by Gasteiger charge is 2.19. The third-order valence-electron chi connectivity index (χ3n) is 4.26. The van der Waals surface area contributed by atoms with Gasteiger partial charge in [-0.15, -0.1) is 0 Å². The van der Waals surface area contributed by atoms with E-state index in [2.05, 4.69) is 42.6 Å². The smallest absolute Gasteiger partial charge is 0.219 e. The van der Waals surface area contributed by atoms with Crippen LogP contribution in [0.1, 0.15) is 50.3 Å². The van der Waals surface area contributed by atoms with Crippen molar-refractivity contribution in [2.24, 2.45) is 0 Å². The molecule has 1 aromatic rings. The molecule has 0 aromatic heterocycles. The fourth-order valence-electron chi connectivity index (χ4n) is 3.04. The topological polar surface area (TPSA) is 32.3 Å². The van der Waals surface area contributed by atoms with Crippen LogP contribution >= 0.6 is 0 Å². The first-order valence-electron chi connectivity index (χ1n) is 7.88. The molecule has 2 rings (SSSR count). The van der Waals surface area contributed by atoms with Gasteiger partial charge in [-0.05, 0) is 36.6 Å². The second-order valence-corrected chi connectivity index (χ2v) is 5.66. The van der Waals surface area contributed by atoms with Crippen LogP contribution in [0.5, 0.6) is 0 Å². The lowest BCUT2D eigenvalue weighted by molar-refractivity contribution is -0.128. The van der Waals surface area contributed by atoms with Gasteiger partial charge in [0.05, 0.1) is 0 Å². The largest absolute Gasteiger partial charge is 0.339 e. The number of benzene rings is 1. The number of hydrogen-bond acceptors (Lipinski definition) is 2. The lowest BCUT2D eigenvalue weighted by Gasteiger charge is -2.27. The maximum atomic E-state index is 11.4. The number of nitrogens with one attached hydrogen (secondary N) is 1. The molecule has 21 heavy (non-hydrogen) atoms. The SMILES string of the molecule is CCC[C@@H](NC)c1ccccc1C1=CCN(C(C)=O)CC1. The molecule has 1 N–H and O–H groups in total. The minimum absolute atomic E-state index is 0.165. The van der Waals surface area contributed by atoms with Crippen LogP contribution in [0, 0.1) is 0 Å². The quantitative estimate of drug-likeness (QED) is 0.900. The van der Waals surface area contributed by atoms with Crippen molar-refractivity contribution in [3.05, 3.63) is 41.5 Å². The number of carbonyl (C=O) groups is 1. The van der Waals surface area contributed by atoms with Crippen LogP contribution in [0.2, 0.25) is 0 Å². The average Bonchev–Trinajstić information content (AvgIpc) is 2.53. The fourth-order valence-corrected chi connectivity index (χ4v) is 3.04. The van der Waals surface area contributed by atoms with Crippen LogP contribution in [0.4, 0.5) is 0 Å². The van der Waals surface area contributed by atoms with E-state index in [-0.39, 0.29) is 5.91 Å². The highest BCUT2D eigenvalue weighted by Crippen LogP contribution is 2.30. The highest BCUT2D eigenvalue weighted by molar-refractivity contribution is 5.76. The molecule has 0 aliphatic carbocycles. The van der Waals surface area contributed by atoms with E-state index >= 15 is 0 Å². The molecule has 1 aliphatic heterocycles. The summed E-state index contributed by atoms with van der Waals surface area (Å²) in [5.41, 5.74) is 4.09. The van der Waals surface area contributed by atoms with Crippen LogP contribution < -0.4 is 5.32 Å². The molecule has 1 heterocycles. The lowest BCUT2D eigenvalue weighted by Crippen LogP contribution is -2.32. The van der Waals surface area contributed by atoms with Crippen molar-refractivity contribution in [3.8, 4) is 0 Å². The molecule has 0 saturated heterocycles. The Balaban J connectivity index is 2.26. The van der Waals surface area contributed by atoms with E-state index in [4.69, 9.17) is 0 Å². The van der Waals surface area contributed by atoms with Crippen molar-refractivity contribution in [1.82, 2.24) is 10.2 Å². The Bertz CT molecular complexity index is 522. The van der Waals surface area contributed by atoms with Crippen LogP contribution in [0.3, 0.4) is 0 Å². The van der Waals surface area contributed by atoms with Gasteiger partial charge in [0.1, 0.15) is 0 Å². The summed E-state index contributed by atoms with van der Waals surface area (Å²) >= 11 is 0. The number of carbonyl (C=O) groups excluding carboxylic acids is 1. The van der Waals surface area contributed by atoms with Gasteiger partial charge in [-0.1, -0.05) is 43.7 Å². The van der Waals surface area contributed by atoms with Crippen molar-refractivity contribution >= 4 is 11.5 Å². The van der Waals surface area contributed by atoms with Crippen molar-refractivity contribution in [3.63, 3.8) is 0 Å². The normalized spacial score (nSPS) is 16.5. The van der Waals surface area contributed by atoms with E-state index in [9.17, 15) is 4.79 Å². The summed E-state index contributed by atoms with van der Waals surface area (Å²) in [7, 11) is 2.03. The summed E-state index contributed by atoms with van der Waals surface area (Å²) in [6.07, 6.45) is 5.46. The van der Waals surface area contributed by atoms with Crippen molar-refractivity contribution in [2.45, 2.75) is 39.2 Å². The van der Waals surface area contributed by atoms with Crippen LogP contribution in [0.25, 0.3) is 5.57 Å². The number of rotatable bonds is 5. The van der Waals surface area contributed by atoms with Crippen LogP contribution in [-0.2, 0) is 4.79 Å². The Labute approximate surface area is 128 Å². The van der Waals surface area contributed by atoms with Gasteiger partial charge >= 0.3 is 0 Å². The number of hydrogen-bond donors (Lipinski definition) is 1. The number of amides is 1. The zero-order valence-electron chi connectivity index (χ0n) is 13.4. The van der Waals surface area contributed by atoms with Gasteiger partial charge in [0.2, 0.25) is 5.91 Å². The van der Waals surface area contributed by atoms with Crippen LogP contribution in [-0.4, -0.2) is 30.9 Å². The molecule has 0 unspecified atom stereocenters. The summed E-state index contributed by atoms with van der Waals surface area (Å²) in [5.74, 6) is 0.165. The van der Waals surface area contributed by atoms with Gasteiger partial charge in [-0.25, -0.2) is 0 Å². The molecule has 3 nitrogen and oxygen atoms in total. The molecule has 1 aliphatic rings. The summed E-state index contributed by atoms with van der Waals surface area (Å²) in [5, 5.41) is 3.43. The molecule has 1 amide bonds. The van der Waals surface area contributed by atoms with Crippen molar-refractivity contribution < 1.29 is 4.79 Å². The van der Waals surface area contributed by atoms with Crippen LogP contribution in [0.15, 0.2) is 30.3 Å². The summed E-state index contributed by atoms with van der Waals surface area (Å²) in [4.78, 5) is 13.3. The molecule has 0 spiro atoms. The first-order valence-corrected chi connectivity index (χ1v) is 7.88. The summed E-state index contributed by atoms with van der Waals surface area (Å²) in [6, 6.07) is 9.06. The Morgan fingerprint density at radius 2 is 2.14 bits per heavy atom. The third-order valence-corrected chi connectivity index (χ3v) is 4.26. The van der Waals surface area contributed by atoms with Gasteiger partial charge in [0, 0.05) is 26.1 Å². The monoisotopic (exact) mass is 286 g/mol. The van der Waals surface area contributed by atoms with E-state index in [0.717, 1.165) is 32.4 Å². The zero-order chi connectivity index (χ0) is 15.2. The van der Waals surface area contributed by atoms with Gasteiger partial charge in [-0.3, -0.25) is 4.79 Å². The minimum atomic E-state index is 0.165. The second kappa shape index (κ2) is 7.41. The average molecular weight is 286 g/mol. The molecular weight excluding hydrogens is 260 g/mol. The Hall–Kier alpha value is -1.61. The standard InChI is InChI=1S/C18H26N2O/c1-4-7-18(19-3)17-9-6-5-8-16(17)15-10-12-20(13-11-15)14(2)21/h5-6,8-10,18-19H,4,7,11-13H2,1-3H3/t18-/m1/s1. The predicted octanol–water partition coefficient (Wildman–Crippen LogP) is 3.38. The van der Waals surface area contributed by atoms with Gasteiger partial charge in [-0.2, -0.15) is 0 Å². The van der Waals surface area contributed by atoms with Gasteiger partial charge in [0.25, 0.3) is 0 Å². The van der Waals surface area contributed by atoms with Crippen molar-refractivity contribution in [1.29, 1.82) is 0 Å². The molecule has 0 radical (unpaired) electrons. The molecule has 0 fully saturated rings. The first kappa shape index (κ1) is 15.8. The van der Waals surface area contributed by atoms with E-state index in [1.807, 2.05) is 11.9 Å². The fraction of sp³-hybridized carbons (Fsp3) is 0.500. The van der Waals surface area contributed by atoms with Gasteiger partial charge in [0.15, 0.2) is 0 Å². The molecule has 114 valence electrons.